The van der Waals surface area contributed by atoms with E-state index in [1.54, 1.807) is 0 Å². The largest absolute Gasteiger partial charge is 0.385 e. The Morgan fingerprint density at radius 3 is 2.39 bits per heavy atom. The number of rotatable bonds is 9. The van der Waals surface area contributed by atoms with Crippen molar-refractivity contribution in [2.45, 2.75) is 71.6 Å². The Kier molecular flexibility index (Phi) is 8.25. The van der Waals surface area contributed by atoms with Crippen molar-refractivity contribution in [3.8, 4) is 0 Å². The van der Waals surface area contributed by atoms with Gasteiger partial charge in [-0.2, -0.15) is 0 Å². The van der Waals surface area contributed by atoms with Crippen LogP contribution < -0.4 is 10.2 Å². The summed E-state index contributed by atoms with van der Waals surface area (Å²) in [7, 11) is 4.36. The number of para-hydroxylation sites is 2. The number of hydrogen-bond donors (Lipinski definition) is 1. The molecule has 0 aromatic heterocycles. The van der Waals surface area contributed by atoms with Crippen molar-refractivity contribution in [2.75, 3.05) is 37.4 Å². The lowest BCUT2D eigenvalue weighted by atomic mass is 9.80. The van der Waals surface area contributed by atoms with Gasteiger partial charge in [-0.05, 0) is 79.0 Å². The van der Waals surface area contributed by atoms with E-state index in [1.807, 2.05) is 0 Å². The molecule has 0 unspecified atom stereocenters. The Labute approximate surface area is 231 Å². The summed E-state index contributed by atoms with van der Waals surface area (Å²) < 4.78 is 0. The minimum absolute atomic E-state index is 0.00149. The lowest BCUT2D eigenvalue weighted by Gasteiger charge is -2.27. The zero-order valence-electron chi connectivity index (χ0n) is 24.9. The van der Waals surface area contributed by atoms with Gasteiger partial charge in [-0.25, -0.2) is 0 Å². The van der Waals surface area contributed by atoms with Gasteiger partial charge in [0.15, 0.2) is 0 Å². The number of likely N-dealkylation sites (N-methyl/N-ethyl adjacent to an activating group) is 2. The number of anilines is 2. The van der Waals surface area contributed by atoms with Crippen molar-refractivity contribution in [2.24, 2.45) is 0 Å². The van der Waals surface area contributed by atoms with Gasteiger partial charge in [0.05, 0.1) is 0 Å². The van der Waals surface area contributed by atoms with Gasteiger partial charge < -0.3 is 15.1 Å². The van der Waals surface area contributed by atoms with Crippen molar-refractivity contribution in [1.29, 1.82) is 0 Å². The predicted molar refractivity (Wildman–Crippen MR) is 166 cm³/mol. The fraction of sp³-hybridized carbons (Fsp3) is 0.429. The highest BCUT2D eigenvalue weighted by Crippen LogP contribution is 2.47. The average Bonchev–Trinajstić information content (AvgIpc) is 3.38. The third-order valence-electron chi connectivity index (χ3n) is 8.25. The fourth-order valence-electron chi connectivity index (χ4n) is 6.30. The second-order valence-corrected chi connectivity index (χ2v) is 12.0. The van der Waals surface area contributed by atoms with Gasteiger partial charge in [0.2, 0.25) is 0 Å². The summed E-state index contributed by atoms with van der Waals surface area (Å²) in [4.78, 5) is 4.78. The molecule has 0 spiro atoms. The zero-order chi connectivity index (χ0) is 27.5. The van der Waals surface area contributed by atoms with Crippen LogP contribution in [0.5, 0.6) is 0 Å². The maximum Gasteiger partial charge on any atom is 0.0450 e. The maximum absolute atomic E-state index is 3.54. The molecule has 38 heavy (non-hydrogen) atoms. The summed E-state index contributed by atoms with van der Waals surface area (Å²) in [6.45, 7) is 15.7. The molecule has 0 saturated heterocycles. The van der Waals surface area contributed by atoms with Crippen molar-refractivity contribution in [1.82, 2.24) is 4.90 Å². The van der Waals surface area contributed by atoms with Crippen LogP contribution >= 0.6 is 0 Å². The van der Waals surface area contributed by atoms with E-state index in [1.165, 1.54) is 45.0 Å². The normalized spacial score (nSPS) is 19.2. The van der Waals surface area contributed by atoms with Crippen LogP contribution in [0, 0.1) is 0 Å². The smallest absolute Gasteiger partial charge is 0.0450 e. The van der Waals surface area contributed by atoms with Gasteiger partial charge in [-0.15, -0.1) is 0 Å². The summed E-state index contributed by atoms with van der Waals surface area (Å²) >= 11 is 0. The highest BCUT2D eigenvalue weighted by atomic mass is 15.2. The molecule has 0 bridgehead atoms. The Morgan fingerprint density at radius 1 is 0.974 bits per heavy atom. The molecule has 3 nitrogen and oxygen atoms in total. The average molecular weight is 510 g/mol. The van der Waals surface area contributed by atoms with E-state index in [2.05, 4.69) is 144 Å². The predicted octanol–water partition coefficient (Wildman–Crippen LogP) is 8.58. The topological polar surface area (TPSA) is 18.5 Å². The van der Waals surface area contributed by atoms with Crippen LogP contribution in [-0.2, 0) is 10.8 Å². The number of fused-ring (bicyclic) bond motifs is 1. The summed E-state index contributed by atoms with van der Waals surface area (Å²) in [6.07, 6.45) is 12.7. The minimum Gasteiger partial charge on any atom is -0.385 e. The van der Waals surface area contributed by atoms with E-state index >= 15 is 0 Å². The van der Waals surface area contributed by atoms with E-state index in [-0.39, 0.29) is 10.8 Å². The molecule has 2 aromatic rings. The summed E-state index contributed by atoms with van der Waals surface area (Å²) in [5, 5.41) is 3.54. The summed E-state index contributed by atoms with van der Waals surface area (Å²) in [6, 6.07) is 17.6. The van der Waals surface area contributed by atoms with E-state index in [4.69, 9.17) is 0 Å². The first-order valence-corrected chi connectivity index (χ1v) is 14.3. The first kappa shape index (κ1) is 27.8. The monoisotopic (exact) mass is 509 g/mol. The van der Waals surface area contributed by atoms with Gasteiger partial charge >= 0.3 is 0 Å². The number of allylic oxidation sites excluding steroid dienone is 7. The number of benzene rings is 2. The van der Waals surface area contributed by atoms with Gasteiger partial charge in [-0.3, -0.25) is 0 Å². The highest BCUT2D eigenvalue weighted by molar-refractivity contribution is 5.70. The van der Waals surface area contributed by atoms with E-state index in [0.717, 1.165) is 32.4 Å². The van der Waals surface area contributed by atoms with Gasteiger partial charge in [-0.1, -0.05) is 82.3 Å². The van der Waals surface area contributed by atoms with Crippen LogP contribution in [0.1, 0.15) is 71.9 Å². The quantitative estimate of drug-likeness (QED) is 0.365. The van der Waals surface area contributed by atoms with Crippen molar-refractivity contribution in [3.63, 3.8) is 0 Å². The van der Waals surface area contributed by atoms with Crippen LogP contribution in [0.25, 0.3) is 0 Å². The second-order valence-electron chi connectivity index (χ2n) is 12.0. The number of nitrogens with one attached hydrogen (secondary N) is 1. The van der Waals surface area contributed by atoms with Crippen molar-refractivity contribution < 1.29 is 0 Å². The maximum atomic E-state index is 3.54. The fourth-order valence-corrected chi connectivity index (χ4v) is 6.30. The molecule has 2 aliphatic rings. The molecule has 202 valence electrons. The lowest BCUT2D eigenvalue weighted by molar-refractivity contribution is 0.520. The van der Waals surface area contributed by atoms with Crippen LogP contribution in [-0.4, -0.2) is 32.1 Å². The molecule has 1 aliphatic carbocycles. The Balaban J connectivity index is 1.60. The molecule has 0 fully saturated rings. The molecular formula is C35H47N3. The molecule has 2 aromatic carbocycles. The first-order chi connectivity index (χ1) is 18.1. The SMILES string of the molecule is CCNc1ccccc1C(C)(C)C/C=C/C1=C(N(C)C)C(=C/C=C2/N(CC)c3ccccc3C2(C)C)/CC1. The molecule has 0 atom stereocenters. The van der Waals surface area contributed by atoms with Crippen molar-refractivity contribution >= 4 is 11.4 Å². The van der Waals surface area contributed by atoms with Crippen LogP contribution in [0.3, 0.4) is 0 Å². The molecule has 4 rings (SSSR count). The van der Waals surface area contributed by atoms with E-state index in [9.17, 15) is 0 Å². The van der Waals surface area contributed by atoms with Crippen molar-refractivity contribution in [3.05, 3.63) is 107 Å². The molecule has 1 aliphatic heterocycles. The third kappa shape index (κ3) is 5.34. The van der Waals surface area contributed by atoms with Gasteiger partial charge in [0, 0.05) is 55.4 Å². The summed E-state index contributed by atoms with van der Waals surface area (Å²) in [5.74, 6) is 0. The molecule has 0 radical (unpaired) electrons. The molecule has 1 heterocycles. The summed E-state index contributed by atoms with van der Waals surface area (Å²) in [5.41, 5.74) is 11.1. The number of nitrogens with zero attached hydrogens (tertiary/aromatic N) is 2. The third-order valence-corrected chi connectivity index (χ3v) is 8.25. The molecule has 3 heteroatoms. The molecule has 0 amide bonds. The number of hydrogen-bond acceptors (Lipinski definition) is 3. The minimum atomic E-state index is 0.00149. The Bertz CT molecular complexity index is 1270. The first-order valence-electron chi connectivity index (χ1n) is 14.3. The zero-order valence-corrected chi connectivity index (χ0v) is 24.9. The lowest BCUT2D eigenvalue weighted by Crippen LogP contribution is -2.25. The van der Waals surface area contributed by atoms with Crippen LogP contribution in [0.4, 0.5) is 11.4 Å². The Morgan fingerprint density at radius 2 is 1.68 bits per heavy atom. The second kappa shape index (κ2) is 11.3. The standard InChI is InChI=1S/C35H47N3/c1-9-36-30-19-13-11-17-28(30)34(3,4)25-15-16-26-21-22-27(33(26)37(7)8)23-24-32-35(5,6)29-18-12-14-20-31(29)38(32)10-2/h11-20,23-24,36H,9-10,21-22,25H2,1-8H3/b16-15+,27-23+,32-24+. The van der Waals surface area contributed by atoms with Gasteiger partial charge in [0.1, 0.15) is 0 Å². The highest BCUT2D eigenvalue weighted by Gasteiger charge is 2.38. The van der Waals surface area contributed by atoms with Gasteiger partial charge in [0.25, 0.3) is 0 Å². The van der Waals surface area contributed by atoms with Crippen LogP contribution in [0.2, 0.25) is 0 Å². The van der Waals surface area contributed by atoms with E-state index in [0.29, 0.717) is 0 Å². The Hall–Kier alpha value is -3.20. The van der Waals surface area contributed by atoms with Crippen LogP contribution in [0.15, 0.2) is 95.4 Å². The molecule has 1 N–H and O–H groups in total. The van der Waals surface area contributed by atoms with E-state index < -0.39 is 0 Å². The molecule has 0 saturated carbocycles. The molecular weight excluding hydrogens is 462 g/mol.